The third-order valence-electron chi connectivity index (χ3n) is 5.66. The van der Waals surface area contributed by atoms with Crippen molar-refractivity contribution >= 4 is 45.2 Å². The molecule has 4 aromatic carbocycles. The van der Waals surface area contributed by atoms with Crippen molar-refractivity contribution in [3.05, 3.63) is 108 Å². The molecule has 1 heterocycles. The van der Waals surface area contributed by atoms with Crippen molar-refractivity contribution in [1.29, 1.82) is 0 Å². The summed E-state index contributed by atoms with van der Waals surface area (Å²) < 4.78 is 2.16. The molecule has 0 radical (unpaired) electrons. The van der Waals surface area contributed by atoms with Gasteiger partial charge in [0.1, 0.15) is 0 Å². The molecule has 0 aliphatic rings. The Kier molecular flexibility index (Phi) is 6.40. The fourth-order valence-corrected chi connectivity index (χ4v) is 4.80. The third-order valence-corrected chi connectivity index (χ3v) is 6.64. The first-order chi connectivity index (χ1) is 16.7. The first-order valence-corrected chi connectivity index (χ1v) is 12.1. The van der Waals surface area contributed by atoms with Gasteiger partial charge in [-0.25, -0.2) is 10.4 Å². The normalized spacial score (nSPS) is 11.7. The Morgan fingerprint density at radius 3 is 2.53 bits per heavy atom. The molecule has 34 heavy (non-hydrogen) atoms. The number of benzene rings is 4. The van der Waals surface area contributed by atoms with Crippen LogP contribution in [-0.2, 0) is 11.3 Å². The van der Waals surface area contributed by atoms with Gasteiger partial charge in [-0.1, -0.05) is 96.7 Å². The van der Waals surface area contributed by atoms with E-state index in [9.17, 15) is 4.79 Å². The van der Waals surface area contributed by atoms with Gasteiger partial charge in [0.05, 0.1) is 29.0 Å². The van der Waals surface area contributed by atoms with Crippen LogP contribution >= 0.6 is 11.8 Å². The second kappa shape index (κ2) is 9.93. The Morgan fingerprint density at radius 1 is 0.912 bits per heavy atom. The largest absolute Gasteiger partial charge is 0.314 e. The highest BCUT2D eigenvalue weighted by Crippen LogP contribution is 2.25. The SMILES string of the molecule is C/C(=N/NC(=O)CSc1nc2ccccc2n1Cc1ccccc1)c1cccc2ccccc12. The number of hydrazone groups is 1. The van der Waals surface area contributed by atoms with Crippen molar-refractivity contribution < 1.29 is 4.79 Å². The summed E-state index contributed by atoms with van der Waals surface area (Å²) in [5, 5.41) is 7.44. The Hall–Kier alpha value is -3.90. The molecule has 0 fully saturated rings. The van der Waals surface area contributed by atoms with E-state index in [-0.39, 0.29) is 11.7 Å². The molecule has 0 aliphatic carbocycles. The summed E-state index contributed by atoms with van der Waals surface area (Å²) in [5.74, 6) is 0.0626. The zero-order valence-electron chi connectivity index (χ0n) is 18.8. The number of hydrogen-bond donors (Lipinski definition) is 1. The van der Waals surface area contributed by atoms with Gasteiger partial charge in [-0.15, -0.1) is 0 Å². The molecule has 0 unspecified atom stereocenters. The molecular weight excluding hydrogens is 440 g/mol. The van der Waals surface area contributed by atoms with Gasteiger partial charge < -0.3 is 4.57 Å². The van der Waals surface area contributed by atoms with Gasteiger partial charge in [-0.05, 0) is 35.4 Å². The van der Waals surface area contributed by atoms with Crippen molar-refractivity contribution in [3.63, 3.8) is 0 Å². The number of amides is 1. The van der Waals surface area contributed by atoms with Crippen molar-refractivity contribution in [2.75, 3.05) is 5.75 Å². The lowest BCUT2D eigenvalue weighted by atomic mass is 10.0. The van der Waals surface area contributed by atoms with Gasteiger partial charge in [0.25, 0.3) is 5.91 Å². The standard InChI is InChI=1S/C28H24N4OS/c1-20(23-15-9-13-22-12-5-6-14-24(22)23)30-31-27(33)19-34-28-29-25-16-7-8-17-26(25)32(28)18-21-10-3-2-4-11-21/h2-17H,18-19H2,1H3,(H,31,33)/b30-20-. The monoisotopic (exact) mass is 464 g/mol. The van der Waals surface area contributed by atoms with Crippen molar-refractivity contribution in [2.24, 2.45) is 5.10 Å². The van der Waals surface area contributed by atoms with E-state index < -0.39 is 0 Å². The van der Waals surface area contributed by atoms with Gasteiger partial charge in [-0.2, -0.15) is 5.10 Å². The van der Waals surface area contributed by atoms with E-state index in [0.717, 1.165) is 38.2 Å². The second-order valence-corrected chi connectivity index (χ2v) is 8.94. The molecule has 5 nitrogen and oxygen atoms in total. The maximum absolute atomic E-state index is 12.6. The van der Waals surface area contributed by atoms with Gasteiger partial charge in [0, 0.05) is 5.56 Å². The van der Waals surface area contributed by atoms with Crippen molar-refractivity contribution in [1.82, 2.24) is 15.0 Å². The van der Waals surface area contributed by atoms with Crippen LogP contribution in [0.1, 0.15) is 18.1 Å². The van der Waals surface area contributed by atoms with Crippen LogP contribution in [0.5, 0.6) is 0 Å². The molecule has 0 aliphatic heterocycles. The smallest absolute Gasteiger partial charge is 0.250 e. The van der Waals surface area contributed by atoms with E-state index in [1.54, 1.807) is 0 Å². The molecule has 1 aromatic heterocycles. The predicted octanol–water partition coefficient (Wildman–Crippen LogP) is 5.87. The molecule has 1 amide bonds. The van der Waals surface area contributed by atoms with Crippen LogP contribution in [0.2, 0.25) is 0 Å². The maximum atomic E-state index is 12.6. The average molecular weight is 465 g/mol. The summed E-state index contributed by atoms with van der Waals surface area (Å²) in [6.45, 7) is 2.61. The van der Waals surface area contributed by atoms with Crippen LogP contribution in [0, 0.1) is 0 Å². The van der Waals surface area contributed by atoms with Crippen LogP contribution in [0.25, 0.3) is 21.8 Å². The fraction of sp³-hybridized carbons (Fsp3) is 0.107. The molecule has 168 valence electrons. The summed E-state index contributed by atoms with van der Waals surface area (Å²) in [4.78, 5) is 17.4. The van der Waals surface area contributed by atoms with Crippen LogP contribution < -0.4 is 5.43 Å². The molecule has 0 bridgehead atoms. The van der Waals surface area contributed by atoms with Crippen LogP contribution in [-0.4, -0.2) is 26.9 Å². The first-order valence-electron chi connectivity index (χ1n) is 11.1. The summed E-state index contributed by atoms with van der Waals surface area (Å²) in [6.07, 6.45) is 0. The number of carbonyl (C=O) groups is 1. The van der Waals surface area contributed by atoms with E-state index in [2.05, 4.69) is 51.5 Å². The number of rotatable bonds is 7. The Morgan fingerprint density at radius 2 is 1.65 bits per heavy atom. The number of carbonyl (C=O) groups excluding carboxylic acids is 1. The van der Waals surface area contributed by atoms with E-state index >= 15 is 0 Å². The molecule has 0 spiro atoms. The predicted molar refractivity (Wildman–Crippen MR) is 140 cm³/mol. The lowest BCUT2D eigenvalue weighted by Crippen LogP contribution is -2.21. The number of nitrogens with zero attached hydrogens (tertiary/aromatic N) is 3. The summed E-state index contributed by atoms with van der Waals surface area (Å²) in [6, 6.07) is 32.6. The Labute approximate surface area is 202 Å². The van der Waals surface area contributed by atoms with E-state index in [1.165, 1.54) is 17.3 Å². The maximum Gasteiger partial charge on any atom is 0.250 e. The number of imidazole rings is 1. The number of para-hydroxylation sites is 2. The van der Waals surface area contributed by atoms with Gasteiger partial charge >= 0.3 is 0 Å². The Bertz CT molecular complexity index is 1490. The Balaban J connectivity index is 1.31. The number of nitrogens with one attached hydrogen (secondary N) is 1. The zero-order chi connectivity index (χ0) is 23.3. The van der Waals surface area contributed by atoms with E-state index in [0.29, 0.717) is 6.54 Å². The van der Waals surface area contributed by atoms with Crippen LogP contribution in [0.4, 0.5) is 0 Å². The van der Waals surface area contributed by atoms with Gasteiger partial charge in [0.2, 0.25) is 0 Å². The van der Waals surface area contributed by atoms with Gasteiger partial charge in [0.15, 0.2) is 5.16 Å². The second-order valence-electron chi connectivity index (χ2n) is 8.00. The molecule has 0 saturated heterocycles. The average Bonchev–Trinajstić information content (AvgIpc) is 3.23. The molecule has 5 aromatic rings. The van der Waals surface area contributed by atoms with Crippen molar-refractivity contribution in [3.8, 4) is 0 Å². The van der Waals surface area contributed by atoms with Crippen LogP contribution in [0.3, 0.4) is 0 Å². The quantitative estimate of drug-likeness (QED) is 0.186. The molecule has 0 atom stereocenters. The third kappa shape index (κ3) is 4.72. The minimum Gasteiger partial charge on any atom is -0.314 e. The first kappa shape index (κ1) is 21.9. The molecule has 0 saturated carbocycles. The fourth-order valence-electron chi connectivity index (χ4n) is 3.99. The summed E-state index contributed by atoms with van der Waals surface area (Å²) in [7, 11) is 0. The minimum atomic E-state index is -0.164. The number of fused-ring (bicyclic) bond motifs is 2. The number of thioether (sulfide) groups is 1. The van der Waals surface area contributed by atoms with E-state index in [1.807, 2.05) is 67.6 Å². The minimum absolute atomic E-state index is 0.164. The van der Waals surface area contributed by atoms with Gasteiger partial charge in [-0.3, -0.25) is 4.79 Å². The topological polar surface area (TPSA) is 59.3 Å². The van der Waals surface area contributed by atoms with Crippen molar-refractivity contribution in [2.45, 2.75) is 18.6 Å². The summed E-state index contributed by atoms with van der Waals surface area (Å²) in [5.41, 5.74) is 7.65. The molecular formula is C28H24N4OS. The zero-order valence-corrected chi connectivity index (χ0v) is 19.6. The highest BCUT2D eigenvalue weighted by atomic mass is 32.2. The number of hydrogen-bond acceptors (Lipinski definition) is 4. The lowest BCUT2D eigenvalue weighted by molar-refractivity contribution is -0.118. The lowest BCUT2D eigenvalue weighted by Gasteiger charge is -2.09. The van der Waals surface area contributed by atoms with Crippen LogP contribution in [0.15, 0.2) is 107 Å². The molecule has 1 N–H and O–H groups in total. The molecule has 6 heteroatoms. The number of aromatic nitrogens is 2. The molecule has 5 rings (SSSR count). The summed E-state index contributed by atoms with van der Waals surface area (Å²) >= 11 is 1.42. The van der Waals surface area contributed by atoms with E-state index in [4.69, 9.17) is 4.98 Å². The highest BCUT2D eigenvalue weighted by molar-refractivity contribution is 7.99. The highest BCUT2D eigenvalue weighted by Gasteiger charge is 2.13.